The van der Waals surface area contributed by atoms with Crippen molar-refractivity contribution < 1.29 is 9.18 Å². The molecule has 1 aliphatic carbocycles. The number of amides is 1. The summed E-state index contributed by atoms with van der Waals surface area (Å²) >= 11 is 0. The van der Waals surface area contributed by atoms with Crippen LogP contribution in [-0.2, 0) is 4.79 Å². The zero-order valence-electron chi connectivity index (χ0n) is 11.9. The van der Waals surface area contributed by atoms with E-state index < -0.39 is 0 Å². The number of hydrogen-bond donors (Lipinski definition) is 2. The molecule has 2 atom stereocenters. The molecule has 3 N–H and O–H groups in total. The lowest BCUT2D eigenvalue weighted by Gasteiger charge is -2.26. The molecule has 1 saturated carbocycles. The van der Waals surface area contributed by atoms with Crippen LogP contribution in [-0.4, -0.2) is 11.9 Å². The van der Waals surface area contributed by atoms with Crippen LogP contribution in [0.15, 0.2) is 24.3 Å². The highest BCUT2D eigenvalue weighted by Crippen LogP contribution is 2.36. The second kappa shape index (κ2) is 6.84. The minimum absolute atomic E-state index is 0.0971. The van der Waals surface area contributed by atoms with E-state index in [0.717, 1.165) is 25.7 Å². The highest BCUT2D eigenvalue weighted by molar-refractivity contribution is 5.77. The molecule has 4 heteroatoms. The van der Waals surface area contributed by atoms with E-state index in [4.69, 9.17) is 5.73 Å². The van der Waals surface area contributed by atoms with E-state index in [0.29, 0.717) is 11.5 Å². The van der Waals surface area contributed by atoms with Crippen molar-refractivity contribution in [2.24, 2.45) is 11.7 Å². The lowest BCUT2D eigenvalue weighted by Crippen LogP contribution is -2.36. The first-order valence-corrected chi connectivity index (χ1v) is 7.37. The molecule has 1 amide bonds. The van der Waals surface area contributed by atoms with Gasteiger partial charge in [-0.25, -0.2) is 4.39 Å². The molecule has 1 aromatic carbocycles. The van der Waals surface area contributed by atoms with Crippen LogP contribution in [0.4, 0.5) is 4.39 Å². The summed E-state index contributed by atoms with van der Waals surface area (Å²) < 4.78 is 14.0. The standard InChI is InChI=1S/C16H23FN2O/c1-11(18)10-15(20)19-16(12-6-2-3-7-12)13-8-4-5-9-14(13)17/h4-5,8-9,11-12,16H,2-3,6-7,10,18H2,1H3,(H,19,20). The molecule has 20 heavy (non-hydrogen) atoms. The first-order chi connectivity index (χ1) is 9.58. The van der Waals surface area contributed by atoms with E-state index in [2.05, 4.69) is 5.32 Å². The van der Waals surface area contributed by atoms with Crippen LogP contribution in [0, 0.1) is 11.7 Å². The van der Waals surface area contributed by atoms with Crippen molar-refractivity contribution in [2.45, 2.75) is 51.1 Å². The number of nitrogens with two attached hydrogens (primary N) is 1. The molecule has 0 radical (unpaired) electrons. The van der Waals surface area contributed by atoms with Crippen molar-refractivity contribution in [1.82, 2.24) is 5.32 Å². The molecule has 3 nitrogen and oxygen atoms in total. The van der Waals surface area contributed by atoms with Crippen molar-refractivity contribution in [1.29, 1.82) is 0 Å². The van der Waals surface area contributed by atoms with Gasteiger partial charge < -0.3 is 11.1 Å². The molecule has 1 fully saturated rings. The monoisotopic (exact) mass is 278 g/mol. The van der Waals surface area contributed by atoms with Gasteiger partial charge in [0.1, 0.15) is 5.82 Å². The molecule has 1 aromatic rings. The van der Waals surface area contributed by atoms with Gasteiger partial charge in [-0.1, -0.05) is 31.0 Å². The van der Waals surface area contributed by atoms with Gasteiger partial charge in [-0.3, -0.25) is 4.79 Å². The summed E-state index contributed by atoms with van der Waals surface area (Å²) in [6, 6.07) is 6.30. The maximum Gasteiger partial charge on any atom is 0.222 e. The summed E-state index contributed by atoms with van der Waals surface area (Å²) in [5, 5.41) is 2.99. The minimum atomic E-state index is -0.245. The molecule has 0 saturated heterocycles. The van der Waals surface area contributed by atoms with Gasteiger partial charge in [-0.15, -0.1) is 0 Å². The summed E-state index contributed by atoms with van der Waals surface area (Å²) in [6.45, 7) is 1.80. The van der Waals surface area contributed by atoms with Crippen LogP contribution < -0.4 is 11.1 Å². The van der Waals surface area contributed by atoms with Gasteiger partial charge in [0.05, 0.1) is 6.04 Å². The second-order valence-electron chi connectivity index (χ2n) is 5.79. The van der Waals surface area contributed by atoms with E-state index in [1.165, 1.54) is 6.07 Å². The summed E-state index contributed by atoms with van der Waals surface area (Å²) in [4.78, 5) is 12.0. The molecule has 0 aromatic heterocycles. The third kappa shape index (κ3) is 3.79. The number of hydrogen-bond acceptors (Lipinski definition) is 2. The van der Waals surface area contributed by atoms with Crippen molar-refractivity contribution in [3.8, 4) is 0 Å². The number of nitrogens with one attached hydrogen (secondary N) is 1. The molecule has 0 spiro atoms. The zero-order valence-corrected chi connectivity index (χ0v) is 11.9. The lowest BCUT2D eigenvalue weighted by molar-refractivity contribution is -0.122. The maximum absolute atomic E-state index is 14.0. The fraction of sp³-hybridized carbons (Fsp3) is 0.562. The Balaban J connectivity index is 2.17. The normalized spacial score (nSPS) is 18.8. The van der Waals surface area contributed by atoms with Crippen LogP contribution in [0.1, 0.15) is 50.6 Å². The average Bonchev–Trinajstić information content (AvgIpc) is 2.89. The van der Waals surface area contributed by atoms with Crippen molar-refractivity contribution in [3.63, 3.8) is 0 Å². The molecule has 0 aliphatic heterocycles. The lowest BCUT2D eigenvalue weighted by atomic mass is 9.91. The molecule has 2 unspecified atom stereocenters. The quantitative estimate of drug-likeness (QED) is 0.870. The van der Waals surface area contributed by atoms with Gasteiger partial charge in [0.25, 0.3) is 0 Å². The largest absolute Gasteiger partial charge is 0.349 e. The summed E-state index contributed by atoms with van der Waals surface area (Å²) in [6.07, 6.45) is 4.66. The fourth-order valence-corrected chi connectivity index (χ4v) is 2.99. The molecule has 2 rings (SSSR count). The Morgan fingerprint density at radius 2 is 2.05 bits per heavy atom. The van der Waals surface area contributed by atoms with Crippen LogP contribution >= 0.6 is 0 Å². The highest BCUT2D eigenvalue weighted by atomic mass is 19.1. The number of halogens is 1. The minimum Gasteiger partial charge on any atom is -0.349 e. The highest BCUT2D eigenvalue weighted by Gasteiger charge is 2.29. The molecule has 110 valence electrons. The molecular formula is C16H23FN2O. The van der Waals surface area contributed by atoms with Crippen LogP contribution in [0.5, 0.6) is 0 Å². The van der Waals surface area contributed by atoms with Gasteiger partial charge >= 0.3 is 0 Å². The summed E-state index contributed by atoms with van der Waals surface area (Å²) in [7, 11) is 0. The van der Waals surface area contributed by atoms with Gasteiger partial charge in [-0.05, 0) is 31.7 Å². The van der Waals surface area contributed by atoms with Crippen LogP contribution in [0.3, 0.4) is 0 Å². The summed E-state index contributed by atoms with van der Waals surface area (Å²) in [5.74, 6) is -0.0189. The van der Waals surface area contributed by atoms with Gasteiger partial charge in [0.2, 0.25) is 5.91 Å². The Bertz CT molecular complexity index is 456. The van der Waals surface area contributed by atoms with Crippen molar-refractivity contribution in [3.05, 3.63) is 35.6 Å². The van der Waals surface area contributed by atoms with E-state index in [1.54, 1.807) is 19.1 Å². The van der Waals surface area contributed by atoms with Crippen molar-refractivity contribution in [2.75, 3.05) is 0 Å². The van der Waals surface area contributed by atoms with Crippen LogP contribution in [0.25, 0.3) is 0 Å². The van der Waals surface area contributed by atoms with E-state index >= 15 is 0 Å². The van der Waals surface area contributed by atoms with E-state index in [9.17, 15) is 9.18 Å². The fourth-order valence-electron chi connectivity index (χ4n) is 2.99. The first-order valence-electron chi connectivity index (χ1n) is 7.37. The van der Waals surface area contributed by atoms with Gasteiger partial charge in [0.15, 0.2) is 0 Å². The summed E-state index contributed by atoms with van der Waals surface area (Å²) in [5.41, 5.74) is 6.25. The Morgan fingerprint density at radius 3 is 2.65 bits per heavy atom. The average molecular weight is 278 g/mol. The third-order valence-corrected chi connectivity index (χ3v) is 3.94. The SMILES string of the molecule is CC(N)CC(=O)NC(c1ccccc1F)C1CCCC1. The predicted molar refractivity (Wildman–Crippen MR) is 77.5 cm³/mol. The smallest absolute Gasteiger partial charge is 0.222 e. The van der Waals surface area contributed by atoms with Gasteiger partial charge in [0, 0.05) is 18.0 Å². The molecule has 0 heterocycles. The van der Waals surface area contributed by atoms with E-state index in [1.807, 2.05) is 6.07 Å². The van der Waals surface area contributed by atoms with Crippen molar-refractivity contribution >= 4 is 5.91 Å². The predicted octanol–water partition coefficient (Wildman–Crippen LogP) is 2.91. The third-order valence-electron chi connectivity index (χ3n) is 3.94. The Hall–Kier alpha value is -1.42. The Morgan fingerprint density at radius 1 is 1.40 bits per heavy atom. The molecular weight excluding hydrogens is 255 g/mol. The second-order valence-corrected chi connectivity index (χ2v) is 5.79. The van der Waals surface area contributed by atoms with Crippen LogP contribution in [0.2, 0.25) is 0 Å². The molecule has 1 aliphatic rings. The number of carbonyl (C=O) groups excluding carboxylic acids is 1. The Labute approximate surface area is 119 Å². The topological polar surface area (TPSA) is 55.1 Å². The van der Waals surface area contributed by atoms with E-state index in [-0.39, 0.29) is 30.2 Å². The Kier molecular flexibility index (Phi) is 5.12. The van der Waals surface area contributed by atoms with Gasteiger partial charge in [-0.2, -0.15) is 0 Å². The number of carbonyl (C=O) groups is 1. The maximum atomic E-state index is 14.0. The first kappa shape index (κ1) is 15.0. The molecule has 0 bridgehead atoms. The number of benzene rings is 1. The number of rotatable bonds is 5. The zero-order chi connectivity index (χ0) is 14.5.